The van der Waals surface area contributed by atoms with Crippen molar-refractivity contribution in [3.63, 3.8) is 0 Å². The van der Waals surface area contributed by atoms with Crippen molar-refractivity contribution in [2.75, 3.05) is 13.1 Å². The number of nitrogens with zero attached hydrogens (tertiary/aromatic N) is 1. The van der Waals surface area contributed by atoms with Gasteiger partial charge in [-0.25, -0.2) is 0 Å². The molecule has 0 radical (unpaired) electrons. The first-order valence-corrected chi connectivity index (χ1v) is 6.48. The molecule has 0 spiro atoms. The Labute approximate surface area is 116 Å². The summed E-state index contributed by atoms with van der Waals surface area (Å²) in [5.74, 6) is -0.510. The highest BCUT2D eigenvalue weighted by Crippen LogP contribution is 2.17. The summed E-state index contributed by atoms with van der Waals surface area (Å²) < 4.78 is 37.3. The van der Waals surface area contributed by atoms with Gasteiger partial charge in [-0.05, 0) is 17.5 Å². The van der Waals surface area contributed by atoms with Crippen LogP contribution >= 0.6 is 0 Å². The number of alkyl halides is 3. The number of hydrogen-bond donors (Lipinski definition) is 1. The molecular formula is C14H19F3N2O. The first-order valence-electron chi connectivity index (χ1n) is 6.48. The Morgan fingerprint density at radius 2 is 1.75 bits per heavy atom. The normalized spacial score (nSPS) is 11.4. The molecule has 0 saturated heterocycles. The number of carbonyl (C=O) groups is 1. The lowest BCUT2D eigenvalue weighted by atomic mass is 10.1. The van der Waals surface area contributed by atoms with Gasteiger partial charge in [0.15, 0.2) is 0 Å². The van der Waals surface area contributed by atoms with Crippen LogP contribution in [-0.2, 0) is 17.8 Å². The van der Waals surface area contributed by atoms with E-state index in [1.54, 1.807) is 31.2 Å². The molecule has 0 atom stereocenters. The molecule has 0 bridgehead atoms. The van der Waals surface area contributed by atoms with Crippen molar-refractivity contribution in [2.45, 2.75) is 32.5 Å². The molecule has 0 aliphatic rings. The Balaban J connectivity index is 2.69. The molecule has 0 unspecified atom stereocenters. The highest BCUT2D eigenvalue weighted by molar-refractivity contribution is 5.78. The maximum absolute atomic E-state index is 12.4. The smallest absolute Gasteiger partial charge is 0.333 e. The van der Waals surface area contributed by atoms with Crippen LogP contribution in [0.25, 0.3) is 0 Å². The van der Waals surface area contributed by atoms with Gasteiger partial charge < -0.3 is 10.6 Å². The van der Waals surface area contributed by atoms with Crippen molar-refractivity contribution in [3.05, 3.63) is 35.4 Å². The minimum Gasteiger partial charge on any atom is -0.333 e. The summed E-state index contributed by atoms with van der Waals surface area (Å²) in [6, 6.07) is 6.99. The van der Waals surface area contributed by atoms with Crippen LogP contribution in [0.2, 0.25) is 0 Å². The molecule has 3 nitrogen and oxygen atoms in total. The molecule has 1 aromatic carbocycles. The Bertz CT molecular complexity index is 429. The average molecular weight is 288 g/mol. The zero-order valence-electron chi connectivity index (χ0n) is 11.4. The lowest BCUT2D eigenvalue weighted by Crippen LogP contribution is -2.40. The second-order valence-electron chi connectivity index (χ2n) is 4.63. The van der Waals surface area contributed by atoms with E-state index >= 15 is 0 Å². The van der Waals surface area contributed by atoms with Crippen molar-refractivity contribution >= 4 is 5.91 Å². The van der Waals surface area contributed by atoms with Crippen molar-refractivity contribution in [1.29, 1.82) is 0 Å². The number of amides is 1. The minimum absolute atomic E-state index is 0.0269. The van der Waals surface area contributed by atoms with Gasteiger partial charge in [0.2, 0.25) is 5.91 Å². The van der Waals surface area contributed by atoms with Gasteiger partial charge in [0.05, 0.1) is 6.42 Å². The summed E-state index contributed by atoms with van der Waals surface area (Å²) in [6.45, 7) is 1.05. The van der Waals surface area contributed by atoms with Crippen molar-refractivity contribution in [2.24, 2.45) is 5.73 Å². The first-order chi connectivity index (χ1) is 9.35. The summed E-state index contributed by atoms with van der Waals surface area (Å²) in [4.78, 5) is 12.8. The van der Waals surface area contributed by atoms with E-state index < -0.39 is 18.6 Å². The lowest BCUT2D eigenvalue weighted by Gasteiger charge is -2.23. The van der Waals surface area contributed by atoms with E-state index in [1.165, 1.54) is 0 Å². The van der Waals surface area contributed by atoms with Crippen molar-refractivity contribution < 1.29 is 18.0 Å². The van der Waals surface area contributed by atoms with E-state index in [-0.39, 0.29) is 13.0 Å². The third kappa shape index (κ3) is 5.61. The fourth-order valence-corrected chi connectivity index (χ4v) is 1.86. The number of hydrogen-bond acceptors (Lipinski definition) is 2. The monoisotopic (exact) mass is 288 g/mol. The summed E-state index contributed by atoms with van der Waals surface area (Å²) in [5, 5.41) is 0. The standard InChI is InChI=1S/C14H19F3N2O/c1-2-7-19(10-14(15,16)17)13(20)8-11-3-5-12(9-18)6-4-11/h3-6H,2,7-10,18H2,1H3. The average Bonchev–Trinajstić information content (AvgIpc) is 2.37. The Morgan fingerprint density at radius 3 is 2.20 bits per heavy atom. The van der Waals surface area contributed by atoms with Gasteiger partial charge in [-0.15, -0.1) is 0 Å². The van der Waals surface area contributed by atoms with Crippen LogP contribution in [0.3, 0.4) is 0 Å². The predicted molar refractivity (Wildman–Crippen MR) is 71.0 cm³/mol. The van der Waals surface area contributed by atoms with Gasteiger partial charge >= 0.3 is 6.18 Å². The van der Waals surface area contributed by atoms with E-state index in [2.05, 4.69) is 0 Å². The molecule has 2 N–H and O–H groups in total. The van der Waals surface area contributed by atoms with Crippen molar-refractivity contribution in [1.82, 2.24) is 4.90 Å². The van der Waals surface area contributed by atoms with Crippen LogP contribution in [0.5, 0.6) is 0 Å². The number of nitrogens with two attached hydrogens (primary N) is 1. The maximum atomic E-state index is 12.4. The molecule has 0 aliphatic heterocycles. The molecule has 1 amide bonds. The summed E-state index contributed by atoms with van der Waals surface area (Å²) >= 11 is 0. The Kier molecular flexibility index (Phi) is 6.01. The number of carbonyl (C=O) groups excluding carboxylic acids is 1. The molecular weight excluding hydrogens is 269 g/mol. The van der Waals surface area contributed by atoms with E-state index in [4.69, 9.17) is 5.73 Å². The second kappa shape index (κ2) is 7.28. The summed E-state index contributed by atoms with van der Waals surface area (Å²) in [6.07, 6.45) is -3.90. The van der Waals surface area contributed by atoms with Gasteiger partial charge in [-0.1, -0.05) is 31.2 Å². The summed E-state index contributed by atoms with van der Waals surface area (Å²) in [5.41, 5.74) is 7.07. The third-order valence-electron chi connectivity index (χ3n) is 2.83. The molecule has 0 saturated carbocycles. The van der Waals surface area contributed by atoms with E-state index in [0.29, 0.717) is 18.5 Å². The minimum atomic E-state index is -4.37. The molecule has 0 aromatic heterocycles. The van der Waals surface area contributed by atoms with Crippen LogP contribution < -0.4 is 5.73 Å². The quantitative estimate of drug-likeness (QED) is 0.874. The second-order valence-corrected chi connectivity index (χ2v) is 4.63. The summed E-state index contributed by atoms with van der Waals surface area (Å²) in [7, 11) is 0. The van der Waals surface area contributed by atoms with Crippen LogP contribution in [-0.4, -0.2) is 30.1 Å². The SMILES string of the molecule is CCCN(CC(F)(F)F)C(=O)Cc1ccc(CN)cc1. The van der Waals surface area contributed by atoms with Crippen LogP contribution in [0.1, 0.15) is 24.5 Å². The fraction of sp³-hybridized carbons (Fsp3) is 0.500. The van der Waals surface area contributed by atoms with E-state index in [0.717, 1.165) is 10.5 Å². The van der Waals surface area contributed by atoms with E-state index in [1.807, 2.05) is 0 Å². The van der Waals surface area contributed by atoms with Gasteiger partial charge in [-0.3, -0.25) is 4.79 Å². The third-order valence-corrected chi connectivity index (χ3v) is 2.83. The largest absolute Gasteiger partial charge is 0.406 e. The Hall–Kier alpha value is -1.56. The van der Waals surface area contributed by atoms with Crippen LogP contribution in [0.15, 0.2) is 24.3 Å². The topological polar surface area (TPSA) is 46.3 Å². The van der Waals surface area contributed by atoms with Crippen molar-refractivity contribution in [3.8, 4) is 0 Å². The zero-order valence-corrected chi connectivity index (χ0v) is 11.4. The number of benzene rings is 1. The Morgan fingerprint density at radius 1 is 1.20 bits per heavy atom. The lowest BCUT2D eigenvalue weighted by molar-refractivity contribution is -0.160. The molecule has 6 heteroatoms. The molecule has 20 heavy (non-hydrogen) atoms. The van der Waals surface area contributed by atoms with Gasteiger partial charge in [0, 0.05) is 13.1 Å². The molecule has 1 rings (SSSR count). The highest BCUT2D eigenvalue weighted by atomic mass is 19.4. The predicted octanol–water partition coefficient (Wildman–Crippen LogP) is 2.49. The van der Waals surface area contributed by atoms with Gasteiger partial charge in [0.1, 0.15) is 6.54 Å². The zero-order chi connectivity index (χ0) is 15.2. The molecule has 112 valence electrons. The molecule has 0 fully saturated rings. The number of rotatable bonds is 6. The molecule has 0 aliphatic carbocycles. The van der Waals surface area contributed by atoms with E-state index in [9.17, 15) is 18.0 Å². The molecule has 1 aromatic rings. The highest BCUT2D eigenvalue weighted by Gasteiger charge is 2.32. The fourth-order valence-electron chi connectivity index (χ4n) is 1.86. The first kappa shape index (κ1) is 16.5. The number of halogens is 3. The van der Waals surface area contributed by atoms with Crippen LogP contribution in [0.4, 0.5) is 13.2 Å². The molecule has 0 heterocycles. The van der Waals surface area contributed by atoms with Crippen LogP contribution in [0, 0.1) is 0 Å². The van der Waals surface area contributed by atoms with Gasteiger partial charge in [0.25, 0.3) is 0 Å². The van der Waals surface area contributed by atoms with Gasteiger partial charge in [-0.2, -0.15) is 13.2 Å². The maximum Gasteiger partial charge on any atom is 0.406 e.